The largest absolute Gasteiger partial charge is 0.458 e. The van der Waals surface area contributed by atoms with Gasteiger partial charge in [0.1, 0.15) is 18.2 Å². The molecule has 32 heavy (non-hydrogen) atoms. The fourth-order valence-corrected chi connectivity index (χ4v) is 3.80. The molecule has 1 aliphatic rings. The molecule has 0 saturated carbocycles. The maximum absolute atomic E-state index is 12.6. The first-order valence-corrected chi connectivity index (χ1v) is 10.7. The molecule has 1 aliphatic carbocycles. The maximum Gasteiger partial charge on any atom is 0.407 e. The van der Waals surface area contributed by atoms with E-state index in [9.17, 15) is 14.4 Å². The Morgan fingerprint density at radius 1 is 0.969 bits per heavy atom. The van der Waals surface area contributed by atoms with Crippen molar-refractivity contribution in [3.63, 3.8) is 0 Å². The van der Waals surface area contributed by atoms with Crippen LogP contribution in [0.1, 0.15) is 50.7 Å². The minimum Gasteiger partial charge on any atom is -0.458 e. The number of amides is 2. The van der Waals surface area contributed by atoms with Gasteiger partial charge in [0.15, 0.2) is 0 Å². The summed E-state index contributed by atoms with van der Waals surface area (Å²) in [6.07, 6.45) is -0.539. The number of carbonyl (C=O) groups is 3. The van der Waals surface area contributed by atoms with E-state index in [1.807, 2.05) is 36.4 Å². The monoisotopic (exact) mass is 438 g/mol. The van der Waals surface area contributed by atoms with Gasteiger partial charge in [0.05, 0.1) is 0 Å². The van der Waals surface area contributed by atoms with Gasteiger partial charge in [-0.15, -0.1) is 0 Å². The van der Waals surface area contributed by atoms with Crippen molar-refractivity contribution < 1.29 is 23.9 Å². The molecule has 0 unspecified atom stereocenters. The Hall–Kier alpha value is -3.35. The number of nitrogens with one attached hydrogen (secondary N) is 2. The lowest BCUT2D eigenvalue weighted by molar-refractivity contribution is -0.157. The lowest BCUT2D eigenvalue weighted by Crippen LogP contribution is -2.45. The molecule has 1 atom stereocenters. The number of fused-ring (bicyclic) bond motifs is 3. The van der Waals surface area contributed by atoms with E-state index in [2.05, 4.69) is 22.8 Å². The highest BCUT2D eigenvalue weighted by atomic mass is 16.6. The van der Waals surface area contributed by atoms with Crippen molar-refractivity contribution in [1.29, 1.82) is 0 Å². The van der Waals surface area contributed by atoms with E-state index in [4.69, 9.17) is 9.47 Å². The second kappa shape index (κ2) is 9.85. The predicted molar refractivity (Wildman–Crippen MR) is 121 cm³/mol. The van der Waals surface area contributed by atoms with Gasteiger partial charge in [-0.1, -0.05) is 48.5 Å². The number of hydrogen-bond acceptors (Lipinski definition) is 5. The van der Waals surface area contributed by atoms with Crippen LogP contribution < -0.4 is 10.6 Å². The molecule has 7 heteroatoms. The lowest BCUT2D eigenvalue weighted by atomic mass is 9.98. The van der Waals surface area contributed by atoms with Gasteiger partial charge in [0, 0.05) is 19.4 Å². The van der Waals surface area contributed by atoms with Gasteiger partial charge >= 0.3 is 12.1 Å². The molecule has 2 aromatic rings. The standard InChI is InChI=1S/C25H30N2O5/c1-25(2,3)32-23(29)21(13-14-22(28)26-4)27-24(30)31-15-20-18-11-7-5-9-16(18)17-10-6-8-12-19(17)20/h5-12,20-21H,13-15H2,1-4H3,(H,26,28)(H,27,30)/t21-/m0/s1. The van der Waals surface area contributed by atoms with E-state index in [-0.39, 0.29) is 31.3 Å². The second-order valence-electron chi connectivity index (χ2n) is 8.77. The summed E-state index contributed by atoms with van der Waals surface area (Å²) in [5, 5.41) is 5.08. The normalized spacial score (nSPS) is 13.5. The van der Waals surface area contributed by atoms with Gasteiger partial charge in [-0.2, -0.15) is 0 Å². The third-order valence-corrected chi connectivity index (χ3v) is 5.27. The summed E-state index contributed by atoms with van der Waals surface area (Å²) in [6.45, 7) is 5.37. The average Bonchev–Trinajstić information content (AvgIpc) is 3.07. The van der Waals surface area contributed by atoms with E-state index in [1.165, 1.54) is 7.05 Å². The van der Waals surface area contributed by atoms with Gasteiger partial charge in [-0.3, -0.25) is 4.79 Å². The van der Waals surface area contributed by atoms with E-state index in [0.717, 1.165) is 22.3 Å². The summed E-state index contributed by atoms with van der Waals surface area (Å²) in [7, 11) is 1.52. The second-order valence-corrected chi connectivity index (χ2v) is 8.77. The summed E-state index contributed by atoms with van der Waals surface area (Å²) in [6, 6.07) is 15.1. The summed E-state index contributed by atoms with van der Waals surface area (Å²) < 4.78 is 10.9. The van der Waals surface area contributed by atoms with Crippen molar-refractivity contribution >= 4 is 18.0 Å². The van der Waals surface area contributed by atoms with Crippen LogP contribution in [0.5, 0.6) is 0 Å². The summed E-state index contributed by atoms with van der Waals surface area (Å²) >= 11 is 0. The average molecular weight is 439 g/mol. The lowest BCUT2D eigenvalue weighted by Gasteiger charge is -2.24. The van der Waals surface area contributed by atoms with Crippen molar-refractivity contribution in [3.8, 4) is 11.1 Å². The number of rotatable bonds is 7. The molecular weight excluding hydrogens is 408 g/mol. The highest BCUT2D eigenvalue weighted by molar-refractivity contribution is 5.83. The minimum atomic E-state index is -0.984. The van der Waals surface area contributed by atoms with Crippen LogP contribution in [0.25, 0.3) is 11.1 Å². The van der Waals surface area contributed by atoms with Crippen molar-refractivity contribution in [2.45, 2.75) is 51.2 Å². The summed E-state index contributed by atoms with van der Waals surface area (Å²) in [4.78, 5) is 36.8. The molecule has 2 N–H and O–H groups in total. The van der Waals surface area contributed by atoms with Crippen LogP contribution >= 0.6 is 0 Å². The molecule has 0 fully saturated rings. The first-order valence-electron chi connectivity index (χ1n) is 10.7. The fraction of sp³-hybridized carbons (Fsp3) is 0.400. The molecule has 0 saturated heterocycles. The summed E-state index contributed by atoms with van der Waals surface area (Å²) in [5.74, 6) is -0.915. The van der Waals surface area contributed by atoms with Crippen LogP contribution in [0, 0.1) is 0 Å². The Bertz CT molecular complexity index is 950. The Kier molecular flexibility index (Phi) is 7.18. The minimum absolute atomic E-state index is 0.0735. The Morgan fingerprint density at radius 3 is 2.06 bits per heavy atom. The molecule has 0 heterocycles. The van der Waals surface area contributed by atoms with E-state index < -0.39 is 23.7 Å². The zero-order chi connectivity index (χ0) is 23.3. The number of alkyl carbamates (subject to hydrolysis) is 1. The molecule has 0 aromatic heterocycles. The Balaban J connectivity index is 1.67. The van der Waals surface area contributed by atoms with Gasteiger partial charge in [-0.25, -0.2) is 9.59 Å². The summed E-state index contributed by atoms with van der Waals surface area (Å²) in [5.41, 5.74) is 3.75. The number of hydrogen-bond donors (Lipinski definition) is 2. The van der Waals surface area contributed by atoms with Crippen LogP contribution in [0.3, 0.4) is 0 Å². The van der Waals surface area contributed by atoms with Crippen LogP contribution in [0.4, 0.5) is 4.79 Å². The molecule has 3 rings (SSSR count). The smallest absolute Gasteiger partial charge is 0.407 e. The quantitative estimate of drug-likeness (QED) is 0.642. The Labute approximate surface area is 188 Å². The van der Waals surface area contributed by atoms with Gasteiger partial charge in [0.25, 0.3) is 0 Å². The van der Waals surface area contributed by atoms with E-state index >= 15 is 0 Å². The molecule has 2 aromatic carbocycles. The molecule has 2 amide bonds. The van der Waals surface area contributed by atoms with Crippen molar-refractivity contribution in [1.82, 2.24) is 10.6 Å². The van der Waals surface area contributed by atoms with E-state index in [1.54, 1.807) is 20.8 Å². The molecule has 0 spiro atoms. The highest BCUT2D eigenvalue weighted by Gasteiger charge is 2.31. The molecular formula is C25H30N2O5. The van der Waals surface area contributed by atoms with Crippen LogP contribution in [-0.4, -0.2) is 43.3 Å². The topological polar surface area (TPSA) is 93.7 Å². The maximum atomic E-state index is 12.6. The van der Waals surface area contributed by atoms with Gasteiger partial charge in [0.2, 0.25) is 5.91 Å². The number of benzene rings is 2. The SMILES string of the molecule is CNC(=O)CC[C@H](NC(=O)OCC1c2ccccc2-c2ccccc21)C(=O)OC(C)(C)C. The van der Waals surface area contributed by atoms with Crippen LogP contribution in [-0.2, 0) is 19.1 Å². The Morgan fingerprint density at radius 2 is 1.53 bits per heavy atom. The number of ether oxygens (including phenoxy) is 2. The van der Waals surface area contributed by atoms with Crippen molar-refractivity contribution in [2.75, 3.05) is 13.7 Å². The first kappa shape index (κ1) is 23.3. The molecule has 7 nitrogen and oxygen atoms in total. The zero-order valence-electron chi connectivity index (χ0n) is 18.9. The van der Waals surface area contributed by atoms with Gasteiger partial charge < -0.3 is 20.1 Å². The van der Waals surface area contributed by atoms with Crippen LogP contribution in [0.15, 0.2) is 48.5 Å². The third-order valence-electron chi connectivity index (χ3n) is 5.27. The third kappa shape index (κ3) is 5.66. The van der Waals surface area contributed by atoms with Crippen LogP contribution in [0.2, 0.25) is 0 Å². The highest BCUT2D eigenvalue weighted by Crippen LogP contribution is 2.44. The molecule has 0 aliphatic heterocycles. The number of carbonyl (C=O) groups excluding carboxylic acids is 3. The molecule has 0 radical (unpaired) electrons. The molecule has 170 valence electrons. The van der Waals surface area contributed by atoms with Gasteiger partial charge in [-0.05, 0) is 49.4 Å². The first-order chi connectivity index (χ1) is 15.2. The fourth-order valence-electron chi connectivity index (χ4n) is 3.80. The van der Waals surface area contributed by atoms with Crippen molar-refractivity contribution in [3.05, 3.63) is 59.7 Å². The predicted octanol–water partition coefficient (Wildman–Crippen LogP) is 3.76. The number of esters is 1. The molecule has 0 bridgehead atoms. The zero-order valence-corrected chi connectivity index (χ0v) is 18.9. The van der Waals surface area contributed by atoms with Crippen molar-refractivity contribution in [2.24, 2.45) is 0 Å². The van der Waals surface area contributed by atoms with E-state index in [0.29, 0.717) is 0 Å².